The van der Waals surface area contributed by atoms with Crippen molar-refractivity contribution in [2.45, 2.75) is 12.5 Å². The highest BCUT2D eigenvalue weighted by Gasteiger charge is 2.30. The molecule has 0 aromatic heterocycles. The van der Waals surface area contributed by atoms with E-state index >= 15 is 0 Å². The Kier molecular flexibility index (Phi) is 5.74. The Morgan fingerprint density at radius 3 is 2.76 bits per heavy atom. The largest absolute Gasteiger partial charge is 0.371 e. The standard InChI is InChI=1S/C18H19ClFNO3S/c19-16-6-3-5-15(12-16)18-13-21(9-10-24-18)25(22,23)11-8-14-4-1-2-7-17(14)20/h1-7,12,18H,8-11,13H2. The minimum absolute atomic E-state index is 0.129. The van der Waals surface area contributed by atoms with Crippen molar-refractivity contribution in [3.63, 3.8) is 0 Å². The van der Waals surface area contributed by atoms with Gasteiger partial charge in [0.05, 0.1) is 18.5 Å². The van der Waals surface area contributed by atoms with Crippen molar-refractivity contribution in [3.05, 3.63) is 70.5 Å². The maximum atomic E-state index is 13.7. The summed E-state index contributed by atoms with van der Waals surface area (Å²) in [7, 11) is -3.50. The van der Waals surface area contributed by atoms with E-state index in [1.807, 2.05) is 12.1 Å². The van der Waals surface area contributed by atoms with Crippen molar-refractivity contribution in [1.82, 2.24) is 4.31 Å². The van der Waals surface area contributed by atoms with Crippen LogP contribution in [-0.4, -0.2) is 38.2 Å². The molecular weight excluding hydrogens is 365 g/mol. The van der Waals surface area contributed by atoms with E-state index in [0.717, 1.165) is 5.56 Å². The van der Waals surface area contributed by atoms with Crippen LogP contribution in [0.3, 0.4) is 0 Å². The Balaban J connectivity index is 1.68. The van der Waals surface area contributed by atoms with Crippen molar-refractivity contribution < 1.29 is 17.5 Å². The molecule has 1 aliphatic heterocycles. The number of halogens is 2. The van der Waals surface area contributed by atoms with Crippen molar-refractivity contribution in [3.8, 4) is 0 Å². The lowest BCUT2D eigenvalue weighted by Crippen LogP contribution is -2.43. The first-order valence-corrected chi connectivity index (χ1v) is 10.0. The maximum absolute atomic E-state index is 13.7. The molecular formula is C18H19ClFNO3S. The molecule has 1 fully saturated rings. The molecule has 25 heavy (non-hydrogen) atoms. The first-order chi connectivity index (χ1) is 12.0. The smallest absolute Gasteiger partial charge is 0.214 e. The molecule has 0 N–H and O–H groups in total. The number of nitrogens with zero attached hydrogens (tertiary/aromatic N) is 1. The van der Waals surface area contributed by atoms with Gasteiger partial charge in [0.15, 0.2) is 0 Å². The second-order valence-electron chi connectivity index (χ2n) is 5.93. The lowest BCUT2D eigenvalue weighted by atomic mass is 10.1. The first-order valence-electron chi connectivity index (χ1n) is 8.04. The van der Waals surface area contributed by atoms with Crippen LogP contribution in [0.4, 0.5) is 4.39 Å². The van der Waals surface area contributed by atoms with E-state index in [0.29, 0.717) is 23.7 Å². The summed E-state index contributed by atoms with van der Waals surface area (Å²) in [6, 6.07) is 13.5. The number of aryl methyl sites for hydroxylation is 1. The average molecular weight is 384 g/mol. The zero-order chi connectivity index (χ0) is 17.9. The Bertz CT molecular complexity index is 844. The summed E-state index contributed by atoms with van der Waals surface area (Å²) in [5, 5.41) is 0.584. The Morgan fingerprint density at radius 2 is 2.00 bits per heavy atom. The molecule has 1 saturated heterocycles. The molecule has 0 radical (unpaired) electrons. The summed E-state index contributed by atoms with van der Waals surface area (Å²) in [6.45, 7) is 0.854. The van der Waals surface area contributed by atoms with Crippen LogP contribution >= 0.6 is 11.6 Å². The third-order valence-corrected chi connectivity index (χ3v) is 6.30. The number of hydrogen-bond donors (Lipinski definition) is 0. The van der Waals surface area contributed by atoms with Gasteiger partial charge in [-0.05, 0) is 35.7 Å². The highest BCUT2D eigenvalue weighted by Crippen LogP contribution is 2.26. The molecule has 7 heteroatoms. The number of ether oxygens (including phenoxy) is 1. The highest BCUT2D eigenvalue weighted by molar-refractivity contribution is 7.89. The number of rotatable bonds is 5. The van der Waals surface area contributed by atoms with E-state index in [-0.39, 0.29) is 30.6 Å². The van der Waals surface area contributed by atoms with Crippen LogP contribution in [0.2, 0.25) is 5.02 Å². The highest BCUT2D eigenvalue weighted by atomic mass is 35.5. The summed E-state index contributed by atoms with van der Waals surface area (Å²) in [6.07, 6.45) is -0.204. The molecule has 0 spiro atoms. The van der Waals surface area contributed by atoms with E-state index in [1.54, 1.807) is 30.3 Å². The van der Waals surface area contributed by atoms with Crippen molar-refractivity contribution >= 4 is 21.6 Å². The molecule has 2 aromatic carbocycles. The monoisotopic (exact) mass is 383 g/mol. The van der Waals surface area contributed by atoms with Gasteiger partial charge in [0.25, 0.3) is 0 Å². The van der Waals surface area contributed by atoms with E-state index < -0.39 is 10.0 Å². The lowest BCUT2D eigenvalue weighted by Gasteiger charge is -2.32. The first kappa shape index (κ1) is 18.3. The molecule has 0 saturated carbocycles. The van der Waals surface area contributed by atoms with Gasteiger partial charge >= 0.3 is 0 Å². The van der Waals surface area contributed by atoms with Crippen LogP contribution in [0.5, 0.6) is 0 Å². The van der Waals surface area contributed by atoms with Crippen LogP contribution in [0.15, 0.2) is 48.5 Å². The van der Waals surface area contributed by atoms with E-state index in [9.17, 15) is 12.8 Å². The predicted octanol–water partition coefficient (Wildman–Crippen LogP) is 3.42. The summed E-state index contributed by atoms with van der Waals surface area (Å²) in [5.74, 6) is -0.507. The topological polar surface area (TPSA) is 46.6 Å². The minimum Gasteiger partial charge on any atom is -0.371 e. The molecule has 0 bridgehead atoms. The Morgan fingerprint density at radius 1 is 1.20 bits per heavy atom. The van der Waals surface area contributed by atoms with Gasteiger partial charge in [-0.3, -0.25) is 0 Å². The maximum Gasteiger partial charge on any atom is 0.214 e. The molecule has 3 rings (SSSR count). The molecule has 0 amide bonds. The average Bonchev–Trinajstić information content (AvgIpc) is 2.61. The van der Waals surface area contributed by atoms with Gasteiger partial charge in [0, 0.05) is 18.1 Å². The molecule has 0 aliphatic carbocycles. The number of morpholine rings is 1. The Hall–Kier alpha value is -1.47. The molecule has 134 valence electrons. The van der Waals surface area contributed by atoms with Crippen LogP contribution < -0.4 is 0 Å². The van der Waals surface area contributed by atoms with Gasteiger partial charge in [-0.15, -0.1) is 0 Å². The van der Waals surface area contributed by atoms with Gasteiger partial charge in [0.2, 0.25) is 10.0 Å². The molecule has 1 unspecified atom stereocenters. The van der Waals surface area contributed by atoms with Gasteiger partial charge in [-0.1, -0.05) is 41.9 Å². The predicted molar refractivity (Wildman–Crippen MR) is 95.6 cm³/mol. The van der Waals surface area contributed by atoms with Crippen LogP contribution in [0.25, 0.3) is 0 Å². The van der Waals surface area contributed by atoms with Crippen molar-refractivity contribution in [2.24, 2.45) is 0 Å². The Labute approximate surface area is 152 Å². The molecule has 1 aliphatic rings. The third kappa shape index (κ3) is 4.58. The van der Waals surface area contributed by atoms with E-state index in [2.05, 4.69) is 0 Å². The van der Waals surface area contributed by atoms with Crippen molar-refractivity contribution in [2.75, 3.05) is 25.4 Å². The molecule has 1 heterocycles. The normalized spacial score (nSPS) is 19.0. The number of benzene rings is 2. The molecule has 1 atom stereocenters. The van der Waals surface area contributed by atoms with E-state index in [1.165, 1.54) is 10.4 Å². The third-order valence-electron chi connectivity index (χ3n) is 4.23. The fourth-order valence-electron chi connectivity index (χ4n) is 2.86. The van der Waals surface area contributed by atoms with Crippen LogP contribution in [-0.2, 0) is 21.2 Å². The summed E-state index contributed by atoms with van der Waals surface area (Å²) >= 11 is 6.00. The fraction of sp³-hybridized carbons (Fsp3) is 0.333. The number of hydrogen-bond acceptors (Lipinski definition) is 3. The second kappa shape index (κ2) is 7.83. The molecule has 4 nitrogen and oxygen atoms in total. The zero-order valence-corrected chi connectivity index (χ0v) is 15.1. The summed E-state index contributed by atoms with van der Waals surface area (Å²) < 4.78 is 46.1. The lowest BCUT2D eigenvalue weighted by molar-refractivity contribution is -0.00252. The van der Waals surface area contributed by atoms with Crippen LogP contribution in [0.1, 0.15) is 17.2 Å². The summed E-state index contributed by atoms with van der Waals surface area (Å²) in [4.78, 5) is 0. The molecule has 2 aromatic rings. The number of sulfonamides is 1. The summed E-state index contributed by atoms with van der Waals surface area (Å²) in [5.41, 5.74) is 1.26. The van der Waals surface area contributed by atoms with E-state index in [4.69, 9.17) is 16.3 Å². The quantitative estimate of drug-likeness (QED) is 0.794. The zero-order valence-electron chi connectivity index (χ0n) is 13.6. The van der Waals surface area contributed by atoms with Crippen LogP contribution in [0, 0.1) is 5.82 Å². The van der Waals surface area contributed by atoms with Crippen molar-refractivity contribution in [1.29, 1.82) is 0 Å². The van der Waals surface area contributed by atoms with Gasteiger partial charge in [-0.2, -0.15) is 4.31 Å². The van der Waals surface area contributed by atoms with Gasteiger partial charge < -0.3 is 4.74 Å². The SMILES string of the molecule is O=S(=O)(CCc1ccccc1F)N1CCOC(c2cccc(Cl)c2)C1. The van der Waals surface area contributed by atoms with Gasteiger partial charge in [0.1, 0.15) is 5.82 Å². The fourth-order valence-corrected chi connectivity index (χ4v) is 4.51. The minimum atomic E-state index is -3.50. The van der Waals surface area contributed by atoms with Gasteiger partial charge in [-0.25, -0.2) is 12.8 Å². The second-order valence-corrected chi connectivity index (χ2v) is 8.45.